The summed E-state index contributed by atoms with van der Waals surface area (Å²) in [5, 5.41) is 17.6. The van der Waals surface area contributed by atoms with Gasteiger partial charge in [0.1, 0.15) is 5.75 Å². The number of carbonyl (C=O) groups is 2. The number of halogens is 2. The van der Waals surface area contributed by atoms with Crippen LogP contribution in [0.2, 0.25) is 0 Å². The highest BCUT2D eigenvalue weighted by molar-refractivity contribution is 9.11. The number of aryl methyl sites for hydroxylation is 1. The molecule has 2 amide bonds. The number of hydrazone groups is 1. The van der Waals surface area contributed by atoms with Gasteiger partial charge in [-0.3, -0.25) is 19.7 Å². The average molecular weight is 604 g/mol. The summed E-state index contributed by atoms with van der Waals surface area (Å²) >= 11 is 6.83. The lowest BCUT2D eigenvalue weighted by Crippen LogP contribution is -2.21. The van der Waals surface area contributed by atoms with Crippen molar-refractivity contribution in [1.82, 2.24) is 5.43 Å². The molecule has 35 heavy (non-hydrogen) atoms. The number of nitrogens with one attached hydrogen (secondary N) is 2. The van der Waals surface area contributed by atoms with Crippen LogP contribution in [0.1, 0.15) is 27.0 Å². The van der Waals surface area contributed by atoms with E-state index in [4.69, 9.17) is 4.74 Å². The molecule has 0 aliphatic rings. The molecule has 180 valence electrons. The lowest BCUT2D eigenvalue weighted by Gasteiger charge is -2.13. The molecule has 0 radical (unpaired) electrons. The monoisotopic (exact) mass is 602 g/mol. The van der Waals surface area contributed by atoms with E-state index >= 15 is 0 Å². The summed E-state index contributed by atoms with van der Waals surface area (Å²) < 4.78 is 6.82. The first kappa shape index (κ1) is 26.0. The zero-order valence-corrected chi connectivity index (χ0v) is 21.8. The molecule has 0 spiro atoms. The van der Waals surface area contributed by atoms with Crippen LogP contribution in [0.15, 0.2) is 68.6 Å². The largest absolute Gasteiger partial charge is 0.481 e. The van der Waals surface area contributed by atoms with Gasteiger partial charge in [-0.1, -0.05) is 18.2 Å². The van der Waals surface area contributed by atoms with Gasteiger partial charge in [0, 0.05) is 23.4 Å². The predicted molar refractivity (Wildman–Crippen MR) is 140 cm³/mol. The molecular weight excluding hydrogens is 584 g/mol. The van der Waals surface area contributed by atoms with Crippen LogP contribution in [-0.2, 0) is 4.79 Å². The standard InChI is InChI=1S/C24H20Br2N4O5/c1-14-5-3-8-21(15(14)2)28-22(31)13-35-23-19(25)9-16(10-20(23)26)12-27-29-24(32)17-6-4-7-18(11-17)30(33)34/h3-12H,13H2,1-2H3,(H,28,31)(H,29,32)/b27-12+. The van der Waals surface area contributed by atoms with Crippen molar-refractivity contribution in [1.29, 1.82) is 0 Å². The molecule has 0 aliphatic heterocycles. The van der Waals surface area contributed by atoms with Crippen LogP contribution < -0.4 is 15.5 Å². The van der Waals surface area contributed by atoms with E-state index in [0.29, 0.717) is 20.3 Å². The van der Waals surface area contributed by atoms with Crippen LogP contribution in [0.4, 0.5) is 11.4 Å². The van der Waals surface area contributed by atoms with E-state index in [1.54, 1.807) is 12.1 Å². The van der Waals surface area contributed by atoms with Gasteiger partial charge in [0.25, 0.3) is 17.5 Å². The molecule has 3 rings (SSSR count). The zero-order valence-electron chi connectivity index (χ0n) is 18.7. The van der Waals surface area contributed by atoms with Crippen molar-refractivity contribution in [2.75, 3.05) is 11.9 Å². The SMILES string of the molecule is Cc1cccc(NC(=O)COc2c(Br)cc(/C=N/NC(=O)c3cccc([N+](=O)[O-])c3)cc2Br)c1C. The fraction of sp³-hybridized carbons (Fsp3) is 0.125. The number of carbonyl (C=O) groups excluding carboxylic acids is 2. The molecule has 11 heteroatoms. The molecule has 3 aromatic rings. The summed E-state index contributed by atoms with van der Waals surface area (Å²) in [5.74, 6) is -0.455. The molecule has 9 nitrogen and oxygen atoms in total. The molecule has 0 unspecified atom stereocenters. The number of nitro benzene ring substituents is 1. The highest BCUT2D eigenvalue weighted by atomic mass is 79.9. The number of benzene rings is 3. The van der Waals surface area contributed by atoms with E-state index in [9.17, 15) is 19.7 Å². The number of hydrogen-bond donors (Lipinski definition) is 2. The first-order valence-corrected chi connectivity index (χ1v) is 11.8. The second kappa shape index (κ2) is 11.7. The van der Waals surface area contributed by atoms with Gasteiger partial charge in [-0.25, -0.2) is 5.43 Å². The van der Waals surface area contributed by atoms with E-state index in [0.717, 1.165) is 16.8 Å². The minimum Gasteiger partial charge on any atom is -0.481 e. The molecule has 3 aromatic carbocycles. The third-order valence-corrected chi connectivity index (χ3v) is 6.12. The molecule has 2 N–H and O–H groups in total. The highest BCUT2D eigenvalue weighted by Crippen LogP contribution is 2.34. The van der Waals surface area contributed by atoms with Gasteiger partial charge in [0.05, 0.1) is 20.1 Å². The quantitative estimate of drug-likeness (QED) is 0.199. The van der Waals surface area contributed by atoms with E-state index in [1.807, 2.05) is 32.0 Å². The third-order valence-electron chi connectivity index (χ3n) is 4.95. The number of amides is 2. The van der Waals surface area contributed by atoms with Crippen molar-refractivity contribution in [3.63, 3.8) is 0 Å². The second-order valence-corrected chi connectivity index (χ2v) is 9.11. The molecular formula is C24H20Br2N4O5. The third kappa shape index (κ3) is 6.96. The zero-order chi connectivity index (χ0) is 25.5. The Morgan fingerprint density at radius 1 is 1.09 bits per heavy atom. The summed E-state index contributed by atoms with van der Waals surface area (Å²) in [6, 6.07) is 14.4. The normalized spacial score (nSPS) is 10.7. The Morgan fingerprint density at radius 3 is 2.46 bits per heavy atom. The average Bonchev–Trinajstić information content (AvgIpc) is 2.81. The number of ether oxygens (including phenoxy) is 1. The summed E-state index contributed by atoms with van der Waals surface area (Å²) in [4.78, 5) is 34.8. The smallest absolute Gasteiger partial charge is 0.271 e. The van der Waals surface area contributed by atoms with E-state index in [-0.39, 0.29) is 23.8 Å². The van der Waals surface area contributed by atoms with E-state index < -0.39 is 10.8 Å². The van der Waals surface area contributed by atoms with Crippen LogP contribution in [0.25, 0.3) is 0 Å². The Hall–Kier alpha value is -3.57. The summed E-state index contributed by atoms with van der Waals surface area (Å²) in [7, 11) is 0. The number of nitrogens with zero attached hydrogens (tertiary/aromatic N) is 2. The molecule has 0 atom stereocenters. The number of rotatable bonds is 8. The van der Waals surface area contributed by atoms with Gasteiger partial charge in [-0.15, -0.1) is 0 Å². The highest BCUT2D eigenvalue weighted by Gasteiger charge is 2.13. The number of anilines is 1. The predicted octanol–water partition coefficient (Wildman–Crippen LogP) is 5.52. The number of nitro groups is 1. The Bertz CT molecular complexity index is 1300. The Labute approximate surface area is 218 Å². The lowest BCUT2D eigenvalue weighted by molar-refractivity contribution is -0.384. The first-order chi connectivity index (χ1) is 16.7. The summed E-state index contributed by atoms with van der Waals surface area (Å²) in [5.41, 5.74) is 5.68. The summed E-state index contributed by atoms with van der Waals surface area (Å²) in [6.45, 7) is 3.71. The van der Waals surface area contributed by atoms with Crippen LogP contribution in [0.3, 0.4) is 0 Å². The van der Waals surface area contributed by atoms with Gasteiger partial charge in [0.15, 0.2) is 6.61 Å². The second-order valence-electron chi connectivity index (χ2n) is 7.40. The van der Waals surface area contributed by atoms with Crippen molar-refractivity contribution < 1.29 is 19.2 Å². The van der Waals surface area contributed by atoms with Crippen LogP contribution >= 0.6 is 31.9 Å². The number of hydrogen-bond acceptors (Lipinski definition) is 6. The molecule has 0 aliphatic carbocycles. The molecule has 0 bridgehead atoms. The van der Waals surface area contributed by atoms with Crippen molar-refractivity contribution in [3.8, 4) is 5.75 Å². The lowest BCUT2D eigenvalue weighted by atomic mass is 10.1. The fourth-order valence-corrected chi connectivity index (χ4v) is 4.44. The molecule has 0 fully saturated rings. The molecule has 0 saturated carbocycles. The fourth-order valence-electron chi connectivity index (χ4n) is 2.99. The molecule has 0 saturated heterocycles. The molecule has 0 heterocycles. The topological polar surface area (TPSA) is 123 Å². The van der Waals surface area contributed by atoms with Gasteiger partial charge in [-0.05, 0) is 86.7 Å². The van der Waals surface area contributed by atoms with Crippen molar-refractivity contribution in [3.05, 3.63) is 95.9 Å². The van der Waals surface area contributed by atoms with Gasteiger partial charge < -0.3 is 10.1 Å². The first-order valence-electron chi connectivity index (χ1n) is 10.2. The van der Waals surface area contributed by atoms with E-state index in [1.165, 1.54) is 30.5 Å². The minimum atomic E-state index is -0.585. The maximum absolute atomic E-state index is 12.4. The van der Waals surface area contributed by atoms with Crippen molar-refractivity contribution >= 4 is 61.3 Å². The van der Waals surface area contributed by atoms with Gasteiger partial charge in [0.2, 0.25) is 0 Å². The van der Waals surface area contributed by atoms with Crippen molar-refractivity contribution in [2.24, 2.45) is 5.10 Å². The van der Waals surface area contributed by atoms with E-state index in [2.05, 4.69) is 47.7 Å². The minimum absolute atomic E-state index is 0.113. The Morgan fingerprint density at radius 2 is 1.77 bits per heavy atom. The maximum atomic E-state index is 12.4. The van der Waals surface area contributed by atoms with Gasteiger partial charge >= 0.3 is 0 Å². The Kier molecular flexibility index (Phi) is 8.72. The van der Waals surface area contributed by atoms with Gasteiger partial charge in [-0.2, -0.15) is 5.10 Å². The summed E-state index contributed by atoms with van der Waals surface area (Å²) in [6.07, 6.45) is 1.40. The number of non-ortho nitro benzene ring substituents is 1. The van der Waals surface area contributed by atoms with Crippen LogP contribution in [0, 0.1) is 24.0 Å². The Balaban J connectivity index is 1.61. The maximum Gasteiger partial charge on any atom is 0.271 e. The van der Waals surface area contributed by atoms with Crippen LogP contribution in [0.5, 0.6) is 5.75 Å². The molecule has 0 aromatic heterocycles. The van der Waals surface area contributed by atoms with Crippen molar-refractivity contribution in [2.45, 2.75) is 13.8 Å². The van der Waals surface area contributed by atoms with Crippen LogP contribution in [-0.4, -0.2) is 29.6 Å².